The van der Waals surface area contributed by atoms with Gasteiger partial charge in [-0.15, -0.1) is 11.3 Å². The number of thiophene rings is 1. The molecule has 0 saturated carbocycles. The van der Waals surface area contributed by atoms with E-state index in [1.54, 1.807) is 30.5 Å². The zero-order valence-electron chi connectivity index (χ0n) is 15.8. The molecule has 2 amide bonds. The zero-order chi connectivity index (χ0) is 20.2. The van der Waals surface area contributed by atoms with Crippen molar-refractivity contribution in [3.8, 4) is 0 Å². The molecule has 0 spiro atoms. The Bertz CT molecular complexity index is 1010. The summed E-state index contributed by atoms with van der Waals surface area (Å²) in [5.41, 5.74) is 1.42. The number of amides is 2. The molecule has 1 saturated heterocycles. The average Bonchev–Trinajstić information content (AvgIpc) is 3.39. The Balaban J connectivity index is 1.49. The van der Waals surface area contributed by atoms with Crippen LogP contribution < -0.4 is 15.5 Å². The molecule has 3 aromatic heterocycles. The van der Waals surface area contributed by atoms with Gasteiger partial charge in [0.05, 0.1) is 35.0 Å². The number of carbonyl (C=O) groups excluding carboxylic acids is 2. The molecule has 0 aromatic carbocycles. The van der Waals surface area contributed by atoms with Crippen LogP contribution in [-0.4, -0.2) is 43.1 Å². The van der Waals surface area contributed by atoms with E-state index in [0.717, 1.165) is 24.5 Å². The van der Waals surface area contributed by atoms with E-state index in [4.69, 9.17) is 9.15 Å². The lowest BCUT2D eigenvalue weighted by Crippen LogP contribution is -2.37. The van der Waals surface area contributed by atoms with Gasteiger partial charge in [0.25, 0.3) is 11.8 Å². The summed E-state index contributed by atoms with van der Waals surface area (Å²) in [6.45, 7) is 4.54. The van der Waals surface area contributed by atoms with Gasteiger partial charge in [-0.1, -0.05) is 0 Å². The molecule has 0 unspecified atom stereocenters. The molecule has 4 heterocycles. The summed E-state index contributed by atoms with van der Waals surface area (Å²) in [6, 6.07) is 8.62. The summed E-state index contributed by atoms with van der Waals surface area (Å²) < 4.78 is 10.5. The van der Waals surface area contributed by atoms with E-state index in [1.807, 2.05) is 13.0 Å². The summed E-state index contributed by atoms with van der Waals surface area (Å²) in [5.74, 6) is 0.343. The van der Waals surface area contributed by atoms with E-state index in [9.17, 15) is 9.59 Å². The first kappa shape index (κ1) is 19.2. The highest BCUT2D eigenvalue weighted by Crippen LogP contribution is 2.30. The van der Waals surface area contributed by atoms with Crippen molar-refractivity contribution in [3.05, 3.63) is 59.0 Å². The Kier molecular flexibility index (Phi) is 5.59. The third kappa shape index (κ3) is 4.30. The fourth-order valence-electron chi connectivity index (χ4n) is 3.05. The van der Waals surface area contributed by atoms with Gasteiger partial charge in [-0.2, -0.15) is 0 Å². The van der Waals surface area contributed by atoms with Crippen molar-refractivity contribution in [1.29, 1.82) is 0 Å². The number of aromatic nitrogens is 1. The molecular formula is C20H20N4O4S. The molecule has 0 aliphatic carbocycles. The van der Waals surface area contributed by atoms with Crippen molar-refractivity contribution in [2.75, 3.05) is 41.8 Å². The smallest absolute Gasteiger partial charge is 0.291 e. The van der Waals surface area contributed by atoms with Gasteiger partial charge in [0.2, 0.25) is 0 Å². The highest BCUT2D eigenvalue weighted by molar-refractivity contribution is 7.18. The van der Waals surface area contributed by atoms with Crippen LogP contribution in [0.4, 0.5) is 16.5 Å². The minimum absolute atomic E-state index is 0.215. The maximum absolute atomic E-state index is 12.9. The lowest BCUT2D eigenvalue weighted by molar-refractivity contribution is 0.0995. The molecule has 0 atom stereocenters. The first-order chi connectivity index (χ1) is 14.1. The standard InChI is InChI=1S/C20H20N4O4S/c1-13-12-16(23-19(25)15-5-3-9-28-15)29-17(13)20(26)22-14-4-2-6-21-18(14)24-7-10-27-11-8-24/h2-6,9,12H,7-8,10-11H2,1H3,(H,22,26)(H,23,25). The summed E-state index contributed by atoms with van der Waals surface area (Å²) in [6.07, 6.45) is 3.15. The number of anilines is 3. The highest BCUT2D eigenvalue weighted by atomic mass is 32.1. The average molecular weight is 412 g/mol. The minimum Gasteiger partial charge on any atom is -0.459 e. The van der Waals surface area contributed by atoms with Gasteiger partial charge < -0.3 is 24.7 Å². The highest BCUT2D eigenvalue weighted by Gasteiger charge is 2.20. The molecule has 1 aliphatic heterocycles. The third-order valence-electron chi connectivity index (χ3n) is 4.45. The van der Waals surface area contributed by atoms with E-state index < -0.39 is 0 Å². The fourth-order valence-corrected chi connectivity index (χ4v) is 4.01. The number of rotatable bonds is 5. The number of ether oxygens (including phenoxy) is 1. The largest absolute Gasteiger partial charge is 0.459 e. The van der Waals surface area contributed by atoms with Crippen molar-refractivity contribution in [2.24, 2.45) is 0 Å². The summed E-state index contributed by atoms with van der Waals surface area (Å²) in [5, 5.41) is 6.29. The van der Waals surface area contributed by atoms with Crippen LogP contribution in [0.15, 0.2) is 47.2 Å². The maximum atomic E-state index is 12.9. The van der Waals surface area contributed by atoms with Crippen molar-refractivity contribution >= 4 is 39.7 Å². The number of aryl methyl sites for hydroxylation is 1. The molecule has 29 heavy (non-hydrogen) atoms. The van der Waals surface area contributed by atoms with Crippen LogP contribution in [-0.2, 0) is 4.74 Å². The summed E-state index contributed by atoms with van der Waals surface area (Å²) in [7, 11) is 0. The first-order valence-electron chi connectivity index (χ1n) is 9.16. The Labute approximate surface area is 171 Å². The van der Waals surface area contributed by atoms with Crippen LogP contribution in [0, 0.1) is 6.92 Å². The number of hydrogen-bond donors (Lipinski definition) is 2. The number of pyridine rings is 1. The second kappa shape index (κ2) is 8.46. The molecule has 3 aromatic rings. The molecule has 2 N–H and O–H groups in total. The normalized spacial score (nSPS) is 13.9. The predicted molar refractivity (Wildman–Crippen MR) is 111 cm³/mol. The quantitative estimate of drug-likeness (QED) is 0.667. The number of morpholine rings is 1. The van der Waals surface area contributed by atoms with Gasteiger partial charge in [0, 0.05) is 19.3 Å². The van der Waals surface area contributed by atoms with Crippen LogP contribution in [0.25, 0.3) is 0 Å². The molecule has 0 radical (unpaired) electrons. The van der Waals surface area contributed by atoms with Gasteiger partial charge in [-0.25, -0.2) is 4.98 Å². The van der Waals surface area contributed by atoms with Crippen LogP contribution >= 0.6 is 11.3 Å². The molecule has 150 valence electrons. The maximum Gasteiger partial charge on any atom is 0.291 e. The number of nitrogens with zero attached hydrogens (tertiary/aromatic N) is 2. The van der Waals surface area contributed by atoms with Gasteiger partial charge >= 0.3 is 0 Å². The molecule has 8 nitrogen and oxygen atoms in total. The minimum atomic E-state index is -0.356. The van der Waals surface area contributed by atoms with Crippen molar-refractivity contribution < 1.29 is 18.7 Å². The Morgan fingerprint density at radius 2 is 1.97 bits per heavy atom. The first-order valence-corrected chi connectivity index (χ1v) is 9.98. The number of furan rings is 1. The van der Waals surface area contributed by atoms with Crippen molar-refractivity contribution in [2.45, 2.75) is 6.92 Å². The summed E-state index contributed by atoms with van der Waals surface area (Å²) >= 11 is 1.21. The van der Waals surface area contributed by atoms with E-state index in [-0.39, 0.29) is 17.6 Å². The van der Waals surface area contributed by atoms with Gasteiger partial charge in [0.15, 0.2) is 11.6 Å². The summed E-state index contributed by atoms with van der Waals surface area (Å²) in [4.78, 5) is 32.1. The van der Waals surface area contributed by atoms with Gasteiger partial charge in [-0.05, 0) is 42.8 Å². The van der Waals surface area contributed by atoms with Crippen LogP contribution in [0.1, 0.15) is 25.8 Å². The monoisotopic (exact) mass is 412 g/mol. The Morgan fingerprint density at radius 3 is 2.72 bits per heavy atom. The van der Waals surface area contributed by atoms with Crippen LogP contribution in [0.5, 0.6) is 0 Å². The number of nitrogens with one attached hydrogen (secondary N) is 2. The number of carbonyl (C=O) groups is 2. The third-order valence-corrected chi connectivity index (χ3v) is 5.60. The second-order valence-corrected chi connectivity index (χ2v) is 7.53. The fraction of sp³-hybridized carbons (Fsp3) is 0.250. The zero-order valence-corrected chi connectivity index (χ0v) is 16.6. The van der Waals surface area contributed by atoms with Crippen LogP contribution in [0.3, 0.4) is 0 Å². The van der Waals surface area contributed by atoms with Crippen LogP contribution in [0.2, 0.25) is 0 Å². The molecule has 4 rings (SSSR count). The second-order valence-electron chi connectivity index (χ2n) is 6.48. The lowest BCUT2D eigenvalue weighted by atomic mass is 10.2. The van der Waals surface area contributed by atoms with E-state index >= 15 is 0 Å². The SMILES string of the molecule is Cc1cc(NC(=O)c2ccco2)sc1C(=O)Nc1cccnc1N1CCOCC1. The topological polar surface area (TPSA) is 96.7 Å². The molecule has 0 bridgehead atoms. The van der Waals surface area contributed by atoms with E-state index in [1.165, 1.54) is 17.6 Å². The van der Waals surface area contributed by atoms with Gasteiger partial charge in [0.1, 0.15) is 0 Å². The van der Waals surface area contributed by atoms with Gasteiger partial charge in [-0.3, -0.25) is 9.59 Å². The molecule has 1 aliphatic rings. The van der Waals surface area contributed by atoms with E-state index in [2.05, 4.69) is 20.5 Å². The molecular weight excluding hydrogens is 392 g/mol. The predicted octanol–water partition coefficient (Wildman–Crippen LogP) is 3.39. The Morgan fingerprint density at radius 1 is 1.14 bits per heavy atom. The van der Waals surface area contributed by atoms with E-state index in [0.29, 0.717) is 28.8 Å². The lowest BCUT2D eigenvalue weighted by Gasteiger charge is -2.29. The van der Waals surface area contributed by atoms with Crippen molar-refractivity contribution in [1.82, 2.24) is 4.98 Å². The molecule has 9 heteroatoms. The molecule has 1 fully saturated rings. The van der Waals surface area contributed by atoms with Crippen molar-refractivity contribution in [3.63, 3.8) is 0 Å². The number of hydrogen-bond acceptors (Lipinski definition) is 7. The Hall–Kier alpha value is -3.17.